The van der Waals surface area contributed by atoms with Gasteiger partial charge in [-0.05, 0) is 79.0 Å². The first-order chi connectivity index (χ1) is 13.5. The first-order valence-corrected chi connectivity index (χ1v) is 9.81. The van der Waals surface area contributed by atoms with Crippen molar-refractivity contribution in [2.45, 2.75) is 44.1 Å². The third kappa shape index (κ3) is 3.96. The molecular formula is C22H24F2N2O2. The summed E-state index contributed by atoms with van der Waals surface area (Å²) in [5, 5.41) is 12.7. The van der Waals surface area contributed by atoms with E-state index >= 15 is 0 Å². The Hall–Kier alpha value is -2.63. The molecule has 1 aliphatic carbocycles. The molecule has 1 atom stereocenters. The van der Waals surface area contributed by atoms with E-state index in [1.807, 2.05) is 11.0 Å². The second-order valence-corrected chi connectivity index (χ2v) is 7.78. The Kier molecular flexibility index (Phi) is 5.20. The molecule has 2 amide bonds. The summed E-state index contributed by atoms with van der Waals surface area (Å²) in [5.74, 6) is -1.22. The van der Waals surface area contributed by atoms with Gasteiger partial charge in [0.15, 0.2) is 11.6 Å². The van der Waals surface area contributed by atoms with Crippen LogP contribution in [0.3, 0.4) is 0 Å². The van der Waals surface area contributed by atoms with Crippen LogP contribution in [0.1, 0.15) is 41.9 Å². The number of phenols is 1. The fourth-order valence-corrected chi connectivity index (χ4v) is 4.31. The SMILES string of the molecule is O=C(NC1CCc2cc(O)ccc2C1)N1CCC(c2ccc(F)c(F)c2)CC1. The standard InChI is InChI=1S/C22H24F2N2O2/c23-20-6-3-17(13-21(20)24)14-7-9-26(10-8-14)22(28)25-18-4-1-16-12-19(27)5-2-15(16)11-18/h2-3,5-6,12-14,18,27H,1,4,7-11H2,(H,25,28). The number of fused-ring (bicyclic) bond motifs is 1. The van der Waals surface area contributed by atoms with Crippen LogP contribution in [-0.2, 0) is 12.8 Å². The van der Waals surface area contributed by atoms with E-state index in [0.29, 0.717) is 13.1 Å². The molecule has 2 aromatic rings. The number of halogens is 2. The quantitative estimate of drug-likeness (QED) is 0.816. The Morgan fingerprint density at radius 2 is 1.79 bits per heavy atom. The zero-order valence-electron chi connectivity index (χ0n) is 15.6. The zero-order valence-corrected chi connectivity index (χ0v) is 15.6. The number of hydrogen-bond acceptors (Lipinski definition) is 2. The second kappa shape index (κ2) is 7.78. The van der Waals surface area contributed by atoms with Gasteiger partial charge in [0.1, 0.15) is 5.75 Å². The zero-order chi connectivity index (χ0) is 19.7. The highest BCUT2D eigenvalue weighted by Crippen LogP contribution is 2.29. The molecule has 1 unspecified atom stereocenters. The Morgan fingerprint density at radius 3 is 2.54 bits per heavy atom. The molecule has 0 aromatic heterocycles. The number of piperidine rings is 1. The van der Waals surface area contributed by atoms with Crippen LogP contribution in [0, 0.1) is 11.6 Å². The molecule has 0 spiro atoms. The molecule has 4 rings (SSSR count). The number of nitrogens with zero attached hydrogens (tertiary/aromatic N) is 1. The fourth-order valence-electron chi connectivity index (χ4n) is 4.31. The molecule has 1 heterocycles. The van der Waals surface area contributed by atoms with Gasteiger partial charge in [-0.2, -0.15) is 0 Å². The molecule has 1 fully saturated rings. The highest BCUT2D eigenvalue weighted by Gasteiger charge is 2.27. The van der Waals surface area contributed by atoms with E-state index in [1.165, 1.54) is 17.7 Å². The van der Waals surface area contributed by atoms with Crippen molar-refractivity contribution in [2.75, 3.05) is 13.1 Å². The van der Waals surface area contributed by atoms with Crippen molar-refractivity contribution >= 4 is 6.03 Å². The van der Waals surface area contributed by atoms with E-state index in [4.69, 9.17) is 0 Å². The first-order valence-electron chi connectivity index (χ1n) is 9.81. The highest BCUT2D eigenvalue weighted by molar-refractivity contribution is 5.74. The van der Waals surface area contributed by atoms with Crippen molar-refractivity contribution in [3.8, 4) is 5.75 Å². The summed E-state index contributed by atoms with van der Waals surface area (Å²) in [7, 11) is 0. The van der Waals surface area contributed by atoms with E-state index in [-0.39, 0.29) is 23.7 Å². The molecule has 148 valence electrons. The van der Waals surface area contributed by atoms with Crippen LogP contribution in [-0.4, -0.2) is 35.2 Å². The molecular weight excluding hydrogens is 362 g/mol. The maximum atomic E-state index is 13.5. The van der Waals surface area contributed by atoms with Gasteiger partial charge < -0.3 is 15.3 Å². The van der Waals surface area contributed by atoms with Gasteiger partial charge in [-0.3, -0.25) is 0 Å². The number of phenolic OH excluding ortho intramolecular Hbond substituents is 1. The molecule has 6 heteroatoms. The van der Waals surface area contributed by atoms with E-state index in [0.717, 1.165) is 43.2 Å². The minimum absolute atomic E-state index is 0.0593. The number of likely N-dealkylation sites (tertiary alicyclic amines) is 1. The van der Waals surface area contributed by atoms with Crippen LogP contribution in [0.5, 0.6) is 5.75 Å². The summed E-state index contributed by atoms with van der Waals surface area (Å²) in [4.78, 5) is 14.4. The number of rotatable bonds is 2. The molecule has 1 saturated heterocycles. The average molecular weight is 386 g/mol. The molecule has 0 saturated carbocycles. The Labute approximate surface area is 163 Å². The molecule has 0 bridgehead atoms. The lowest BCUT2D eigenvalue weighted by atomic mass is 9.88. The van der Waals surface area contributed by atoms with Crippen molar-refractivity contribution < 1.29 is 18.7 Å². The van der Waals surface area contributed by atoms with Crippen LogP contribution in [0.25, 0.3) is 0 Å². The summed E-state index contributed by atoms with van der Waals surface area (Å²) < 4.78 is 26.6. The van der Waals surface area contributed by atoms with Gasteiger partial charge >= 0.3 is 6.03 Å². The summed E-state index contributed by atoms with van der Waals surface area (Å²) in [6.45, 7) is 1.21. The predicted octanol–water partition coefficient (Wildman–Crippen LogP) is 4.12. The normalized spacial score (nSPS) is 19.9. The lowest BCUT2D eigenvalue weighted by Gasteiger charge is -2.34. The Balaban J connectivity index is 1.31. The predicted molar refractivity (Wildman–Crippen MR) is 102 cm³/mol. The third-order valence-corrected chi connectivity index (χ3v) is 5.94. The highest BCUT2D eigenvalue weighted by atomic mass is 19.2. The lowest BCUT2D eigenvalue weighted by molar-refractivity contribution is 0.176. The van der Waals surface area contributed by atoms with Crippen LogP contribution >= 0.6 is 0 Å². The van der Waals surface area contributed by atoms with E-state index < -0.39 is 11.6 Å². The van der Waals surface area contributed by atoms with Crippen molar-refractivity contribution in [3.63, 3.8) is 0 Å². The minimum atomic E-state index is -0.829. The van der Waals surface area contributed by atoms with Gasteiger partial charge in [0.25, 0.3) is 0 Å². The van der Waals surface area contributed by atoms with E-state index in [1.54, 1.807) is 18.2 Å². The van der Waals surface area contributed by atoms with Gasteiger partial charge in [-0.15, -0.1) is 0 Å². The molecule has 0 radical (unpaired) electrons. The number of carbonyl (C=O) groups is 1. The molecule has 28 heavy (non-hydrogen) atoms. The van der Waals surface area contributed by atoms with Gasteiger partial charge in [0, 0.05) is 19.1 Å². The van der Waals surface area contributed by atoms with Gasteiger partial charge in [0.05, 0.1) is 0 Å². The molecule has 4 nitrogen and oxygen atoms in total. The fraction of sp³-hybridized carbons (Fsp3) is 0.409. The maximum Gasteiger partial charge on any atom is 0.317 e. The number of benzene rings is 2. The van der Waals surface area contributed by atoms with Crippen molar-refractivity contribution in [1.82, 2.24) is 10.2 Å². The van der Waals surface area contributed by atoms with Crippen molar-refractivity contribution in [2.24, 2.45) is 0 Å². The first kappa shape index (κ1) is 18.7. The van der Waals surface area contributed by atoms with Crippen molar-refractivity contribution in [3.05, 3.63) is 64.7 Å². The number of nitrogens with one attached hydrogen (secondary N) is 1. The largest absolute Gasteiger partial charge is 0.508 e. The number of aryl methyl sites for hydroxylation is 1. The van der Waals surface area contributed by atoms with Crippen LogP contribution in [0.2, 0.25) is 0 Å². The topological polar surface area (TPSA) is 52.6 Å². The minimum Gasteiger partial charge on any atom is -0.508 e. The van der Waals surface area contributed by atoms with E-state index in [2.05, 4.69) is 5.32 Å². The summed E-state index contributed by atoms with van der Waals surface area (Å²) in [6, 6.07) is 9.52. The van der Waals surface area contributed by atoms with Gasteiger partial charge in [-0.25, -0.2) is 13.6 Å². The van der Waals surface area contributed by atoms with Crippen LogP contribution < -0.4 is 5.32 Å². The molecule has 2 N–H and O–H groups in total. The number of hydrogen-bond donors (Lipinski definition) is 2. The smallest absolute Gasteiger partial charge is 0.317 e. The summed E-state index contributed by atoms with van der Waals surface area (Å²) in [5.41, 5.74) is 3.12. The average Bonchev–Trinajstić information content (AvgIpc) is 2.70. The van der Waals surface area contributed by atoms with Crippen LogP contribution in [0.4, 0.5) is 13.6 Å². The summed E-state index contributed by atoms with van der Waals surface area (Å²) in [6.07, 6.45) is 3.95. The molecule has 2 aliphatic rings. The number of aromatic hydroxyl groups is 1. The molecule has 1 aliphatic heterocycles. The third-order valence-electron chi connectivity index (χ3n) is 5.94. The number of carbonyl (C=O) groups excluding carboxylic acids is 1. The second-order valence-electron chi connectivity index (χ2n) is 7.78. The van der Waals surface area contributed by atoms with Crippen molar-refractivity contribution in [1.29, 1.82) is 0 Å². The number of urea groups is 1. The molecule has 2 aromatic carbocycles. The maximum absolute atomic E-state index is 13.5. The Morgan fingerprint density at radius 1 is 1.00 bits per heavy atom. The summed E-state index contributed by atoms with van der Waals surface area (Å²) >= 11 is 0. The van der Waals surface area contributed by atoms with Gasteiger partial charge in [-0.1, -0.05) is 12.1 Å². The monoisotopic (exact) mass is 386 g/mol. The van der Waals surface area contributed by atoms with E-state index in [9.17, 15) is 18.7 Å². The van der Waals surface area contributed by atoms with Gasteiger partial charge in [0.2, 0.25) is 0 Å². The Bertz CT molecular complexity index is 879. The van der Waals surface area contributed by atoms with Crippen LogP contribution in [0.15, 0.2) is 36.4 Å². The number of amides is 2. The lowest BCUT2D eigenvalue weighted by Crippen LogP contribution is -2.49.